The minimum Gasteiger partial charge on any atom is -0.311 e. The lowest BCUT2D eigenvalue weighted by atomic mass is 9.99. The van der Waals surface area contributed by atoms with E-state index in [1.54, 1.807) is 0 Å². The van der Waals surface area contributed by atoms with Crippen LogP contribution in [-0.4, -0.2) is 9.97 Å². The highest BCUT2D eigenvalue weighted by atomic mass is 15.1. The zero-order valence-electron chi connectivity index (χ0n) is 23.6. The van der Waals surface area contributed by atoms with Crippen LogP contribution in [0.5, 0.6) is 0 Å². The summed E-state index contributed by atoms with van der Waals surface area (Å²) in [5.41, 5.74) is 10.8. The van der Waals surface area contributed by atoms with Gasteiger partial charge in [-0.1, -0.05) is 140 Å². The second-order valence-electron chi connectivity index (χ2n) is 10.3. The van der Waals surface area contributed by atoms with Gasteiger partial charge in [-0.15, -0.1) is 0 Å². The maximum Gasteiger partial charge on any atom is 0.0973 e. The molecule has 0 amide bonds. The molecule has 6 aromatic carbocycles. The molecule has 7 aromatic rings. The molecule has 0 N–H and O–H groups in total. The first-order chi connectivity index (χ1) is 21.3. The molecule has 0 unspecified atom stereocenters. The lowest BCUT2D eigenvalue weighted by Crippen LogP contribution is -2.09. The van der Waals surface area contributed by atoms with Crippen LogP contribution >= 0.6 is 0 Å². The van der Waals surface area contributed by atoms with Crippen molar-refractivity contribution in [1.82, 2.24) is 9.97 Å². The van der Waals surface area contributed by atoms with Crippen LogP contribution in [0.2, 0.25) is 0 Å². The molecule has 7 rings (SSSR count). The Balaban J connectivity index is 1.41. The minimum atomic E-state index is 0.849. The van der Waals surface area contributed by atoms with Crippen LogP contribution in [0, 0.1) is 0 Å². The number of para-hydroxylation sites is 2. The van der Waals surface area contributed by atoms with Gasteiger partial charge in [-0.25, -0.2) is 9.97 Å². The summed E-state index contributed by atoms with van der Waals surface area (Å²) in [5, 5.41) is 0. The predicted molar refractivity (Wildman–Crippen MR) is 178 cm³/mol. The van der Waals surface area contributed by atoms with E-state index in [1.807, 2.05) is 54.6 Å². The van der Waals surface area contributed by atoms with E-state index in [0.29, 0.717) is 0 Å². The molecular formula is C40H29N3. The number of nitrogens with zero attached hydrogens (tertiary/aromatic N) is 3. The summed E-state index contributed by atoms with van der Waals surface area (Å²) >= 11 is 0. The first kappa shape index (κ1) is 26.1. The summed E-state index contributed by atoms with van der Waals surface area (Å²) in [6.07, 6.45) is 0. The molecule has 0 aliphatic heterocycles. The quantitative estimate of drug-likeness (QED) is 0.197. The number of anilines is 3. The zero-order chi connectivity index (χ0) is 28.8. The number of rotatable bonds is 7. The van der Waals surface area contributed by atoms with Gasteiger partial charge < -0.3 is 4.90 Å². The van der Waals surface area contributed by atoms with E-state index in [2.05, 4.69) is 126 Å². The van der Waals surface area contributed by atoms with Crippen LogP contribution in [0.3, 0.4) is 0 Å². The van der Waals surface area contributed by atoms with Gasteiger partial charge in [0.25, 0.3) is 0 Å². The molecule has 204 valence electrons. The second-order valence-corrected chi connectivity index (χ2v) is 10.3. The average molecular weight is 552 g/mol. The molecule has 0 saturated carbocycles. The first-order valence-corrected chi connectivity index (χ1v) is 14.4. The maximum absolute atomic E-state index is 5.38. The molecule has 0 fully saturated rings. The molecule has 1 heterocycles. The third-order valence-corrected chi connectivity index (χ3v) is 7.47. The van der Waals surface area contributed by atoms with Gasteiger partial charge in [0.1, 0.15) is 0 Å². The fraction of sp³-hybridized carbons (Fsp3) is 0. The van der Waals surface area contributed by atoms with Gasteiger partial charge in [-0.2, -0.15) is 0 Å². The van der Waals surface area contributed by atoms with E-state index in [1.165, 1.54) is 0 Å². The minimum absolute atomic E-state index is 0.849. The van der Waals surface area contributed by atoms with Crippen LogP contribution in [0.4, 0.5) is 17.1 Å². The Hall–Kier alpha value is -5.80. The van der Waals surface area contributed by atoms with Crippen molar-refractivity contribution in [3.05, 3.63) is 176 Å². The lowest BCUT2D eigenvalue weighted by molar-refractivity contribution is 1.21. The molecule has 0 aliphatic carbocycles. The zero-order valence-corrected chi connectivity index (χ0v) is 23.6. The highest BCUT2D eigenvalue weighted by Crippen LogP contribution is 2.39. The summed E-state index contributed by atoms with van der Waals surface area (Å²) < 4.78 is 0. The standard InChI is InChI=1S/C40H29N3/c1-6-16-30(17-7-1)37-38(31-18-8-2-9-19-31)42-40(39(41-37)32-20-10-3-11-21-32)33-26-28-36(29-27-33)43(34-22-12-4-13-23-34)35-24-14-5-15-25-35/h1-29H. The van der Waals surface area contributed by atoms with Gasteiger partial charge in [-0.05, 0) is 36.4 Å². The van der Waals surface area contributed by atoms with E-state index in [4.69, 9.17) is 9.97 Å². The Morgan fingerprint density at radius 3 is 0.837 bits per heavy atom. The average Bonchev–Trinajstić information content (AvgIpc) is 3.10. The van der Waals surface area contributed by atoms with E-state index >= 15 is 0 Å². The van der Waals surface area contributed by atoms with E-state index in [0.717, 1.165) is 62.1 Å². The molecule has 43 heavy (non-hydrogen) atoms. The molecule has 0 bridgehead atoms. The van der Waals surface area contributed by atoms with Crippen LogP contribution in [0.15, 0.2) is 176 Å². The van der Waals surface area contributed by atoms with Crippen molar-refractivity contribution in [2.45, 2.75) is 0 Å². The highest BCUT2D eigenvalue weighted by Gasteiger charge is 2.20. The van der Waals surface area contributed by atoms with Crippen molar-refractivity contribution in [3.8, 4) is 45.0 Å². The lowest BCUT2D eigenvalue weighted by Gasteiger charge is -2.25. The van der Waals surface area contributed by atoms with Gasteiger partial charge >= 0.3 is 0 Å². The molecule has 0 saturated heterocycles. The Bertz CT molecular complexity index is 1880. The second kappa shape index (κ2) is 12.0. The summed E-state index contributed by atoms with van der Waals surface area (Å²) in [5.74, 6) is 0. The van der Waals surface area contributed by atoms with Crippen LogP contribution in [0.25, 0.3) is 45.0 Å². The smallest absolute Gasteiger partial charge is 0.0973 e. The summed E-state index contributed by atoms with van der Waals surface area (Å²) in [7, 11) is 0. The normalized spacial score (nSPS) is 10.8. The molecule has 0 aliphatic rings. The van der Waals surface area contributed by atoms with Crippen molar-refractivity contribution in [2.24, 2.45) is 0 Å². The molecule has 1 aromatic heterocycles. The van der Waals surface area contributed by atoms with Crippen molar-refractivity contribution in [1.29, 1.82) is 0 Å². The van der Waals surface area contributed by atoms with Gasteiger partial charge in [-0.3, -0.25) is 0 Å². The van der Waals surface area contributed by atoms with E-state index in [9.17, 15) is 0 Å². The third-order valence-electron chi connectivity index (χ3n) is 7.47. The Morgan fingerprint density at radius 1 is 0.256 bits per heavy atom. The van der Waals surface area contributed by atoms with Crippen LogP contribution in [0.1, 0.15) is 0 Å². The number of aromatic nitrogens is 2. The molecule has 0 atom stereocenters. The number of hydrogen-bond donors (Lipinski definition) is 0. The fourth-order valence-electron chi connectivity index (χ4n) is 5.40. The van der Waals surface area contributed by atoms with Gasteiger partial charge in [0, 0.05) is 39.3 Å². The molecule has 3 nitrogen and oxygen atoms in total. The Morgan fingerprint density at radius 2 is 0.512 bits per heavy atom. The third kappa shape index (κ3) is 5.44. The van der Waals surface area contributed by atoms with Gasteiger partial charge in [0.05, 0.1) is 22.8 Å². The summed E-state index contributed by atoms with van der Waals surface area (Å²) in [6, 6.07) is 60.5. The largest absolute Gasteiger partial charge is 0.311 e. The predicted octanol–water partition coefficient (Wildman–Crippen LogP) is 10.6. The monoisotopic (exact) mass is 551 g/mol. The number of benzene rings is 6. The SMILES string of the molecule is c1ccc(-c2nc(-c3ccccc3)c(-c3ccc(N(c4ccccc4)c4ccccc4)cc3)nc2-c2ccccc2)cc1. The van der Waals surface area contributed by atoms with Gasteiger partial charge in [0.2, 0.25) is 0 Å². The molecule has 3 heteroatoms. The van der Waals surface area contributed by atoms with Crippen molar-refractivity contribution in [3.63, 3.8) is 0 Å². The molecule has 0 spiro atoms. The maximum atomic E-state index is 5.38. The van der Waals surface area contributed by atoms with Crippen LogP contribution < -0.4 is 4.90 Å². The topological polar surface area (TPSA) is 29.0 Å². The fourth-order valence-corrected chi connectivity index (χ4v) is 5.40. The molecule has 0 radical (unpaired) electrons. The molecular weight excluding hydrogens is 522 g/mol. The van der Waals surface area contributed by atoms with E-state index in [-0.39, 0.29) is 0 Å². The Kier molecular flexibility index (Phi) is 7.27. The summed E-state index contributed by atoms with van der Waals surface area (Å²) in [6.45, 7) is 0. The van der Waals surface area contributed by atoms with E-state index < -0.39 is 0 Å². The van der Waals surface area contributed by atoms with Crippen LogP contribution in [-0.2, 0) is 0 Å². The Labute approximate surface area is 252 Å². The van der Waals surface area contributed by atoms with Crippen molar-refractivity contribution < 1.29 is 0 Å². The number of hydrogen-bond acceptors (Lipinski definition) is 3. The van der Waals surface area contributed by atoms with Crippen molar-refractivity contribution >= 4 is 17.1 Å². The van der Waals surface area contributed by atoms with Crippen molar-refractivity contribution in [2.75, 3.05) is 4.90 Å². The highest BCUT2D eigenvalue weighted by molar-refractivity contribution is 5.87. The van der Waals surface area contributed by atoms with Gasteiger partial charge in [0.15, 0.2) is 0 Å². The first-order valence-electron chi connectivity index (χ1n) is 14.4. The summed E-state index contributed by atoms with van der Waals surface area (Å²) in [4.78, 5) is 13.0.